The van der Waals surface area contributed by atoms with Crippen molar-refractivity contribution in [3.63, 3.8) is 0 Å². The largest absolute Gasteiger partial charge is 0.353 e. The molecule has 3 aliphatic heterocycles. The Kier molecular flexibility index (Phi) is 6.77. The molecule has 2 bridgehead atoms. The topological polar surface area (TPSA) is 61.4 Å². The molecule has 3 fully saturated rings. The number of rotatable bonds is 4. The molecular formula is C21H30ClN3O2. The molecule has 2 atom stereocenters. The molecule has 0 radical (unpaired) electrons. The van der Waals surface area contributed by atoms with Crippen molar-refractivity contribution in [2.75, 3.05) is 13.1 Å². The fourth-order valence-electron chi connectivity index (χ4n) is 4.88. The van der Waals surface area contributed by atoms with Crippen molar-refractivity contribution < 1.29 is 9.59 Å². The van der Waals surface area contributed by atoms with E-state index < -0.39 is 0 Å². The summed E-state index contributed by atoms with van der Waals surface area (Å²) < 4.78 is 0. The summed E-state index contributed by atoms with van der Waals surface area (Å²) in [6, 6.07) is 10.9. The molecule has 0 saturated carbocycles. The second-order valence-electron chi connectivity index (χ2n) is 8.18. The van der Waals surface area contributed by atoms with E-state index in [1.54, 1.807) is 0 Å². The summed E-state index contributed by atoms with van der Waals surface area (Å²) in [5.41, 5.74) is 0.746. The minimum absolute atomic E-state index is 0. The molecule has 3 heterocycles. The maximum atomic E-state index is 12.5. The number of amides is 2. The van der Waals surface area contributed by atoms with Crippen LogP contribution in [0.4, 0.5) is 0 Å². The fourth-order valence-corrected chi connectivity index (χ4v) is 4.88. The average Bonchev–Trinajstić information content (AvgIpc) is 3.00. The second kappa shape index (κ2) is 9.07. The first kappa shape index (κ1) is 20.2. The van der Waals surface area contributed by atoms with E-state index in [2.05, 4.69) is 10.6 Å². The Morgan fingerprint density at radius 1 is 1.00 bits per heavy atom. The van der Waals surface area contributed by atoms with Crippen LogP contribution in [0.15, 0.2) is 30.3 Å². The molecule has 0 spiro atoms. The van der Waals surface area contributed by atoms with Crippen LogP contribution >= 0.6 is 12.4 Å². The van der Waals surface area contributed by atoms with Crippen molar-refractivity contribution in [1.82, 2.24) is 15.5 Å². The van der Waals surface area contributed by atoms with Gasteiger partial charge in [-0.2, -0.15) is 0 Å². The molecule has 6 heteroatoms. The highest BCUT2D eigenvalue weighted by Crippen LogP contribution is 2.32. The Balaban J connectivity index is 0.00000210. The number of nitrogens with zero attached hydrogens (tertiary/aromatic N) is 1. The molecule has 1 aromatic rings. The number of benzene rings is 1. The van der Waals surface area contributed by atoms with Crippen LogP contribution in [0.25, 0.3) is 0 Å². The van der Waals surface area contributed by atoms with E-state index in [4.69, 9.17) is 0 Å². The van der Waals surface area contributed by atoms with Gasteiger partial charge in [-0.3, -0.25) is 9.59 Å². The Bertz CT molecular complexity index is 634. The van der Waals surface area contributed by atoms with E-state index >= 15 is 0 Å². The number of hydrogen-bond donors (Lipinski definition) is 2. The molecule has 4 rings (SSSR count). The Morgan fingerprint density at radius 3 is 2.26 bits per heavy atom. The number of nitrogens with one attached hydrogen (secondary N) is 2. The number of carbonyl (C=O) groups excluding carboxylic acids is 2. The van der Waals surface area contributed by atoms with Gasteiger partial charge in [0.1, 0.15) is 0 Å². The quantitative estimate of drug-likeness (QED) is 0.829. The van der Waals surface area contributed by atoms with Crippen LogP contribution in [0.3, 0.4) is 0 Å². The first-order valence-electron chi connectivity index (χ1n) is 10.1. The minimum atomic E-state index is 0. The van der Waals surface area contributed by atoms with E-state index in [9.17, 15) is 9.59 Å². The molecule has 27 heavy (non-hydrogen) atoms. The number of likely N-dealkylation sites (tertiary alicyclic amines) is 1. The van der Waals surface area contributed by atoms with E-state index in [1.807, 2.05) is 35.2 Å². The molecule has 1 aromatic carbocycles. The van der Waals surface area contributed by atoms with Crippen LogP contribution in [0.2, 0.25) is 0 Å². The minimum Gasteiger partial charge on any atom is -0.353 e. The average molecular weight is 392 g/mol. The molecular weight excluding hydrogens is 362 g/mol. The van der Waals surface area contributed by atoms with Crippen LogP contribution in [0.1, 0.15) is 55.3 Å². The summed E-state index contributed by atoms with van der Waals surface area (Å²) in [6.07, 6.45) is 7.21. The molecule has 3 saturated heterocycles. The zero-order valence-electron chi connectivity index (χ0n) is 15.7. The van der Waals surface area contributed by atoms with E-state index in [1.165, 1.54) is 12.8 Å². The highest BCUT2D eigenvalue weighted by molar-refractivity contribution is 5.94. The maximum absolute atomic E-state index is 12.5. The number of fused-ring (bicyclic) bond motifs is 2. The highest BCUT2D eigenvalue weighted by Gasteiger charge is 2.34. The number of halogens is 1. The third kappa shape index (κ3) is 5.02. The monoisotopic (exact) mass is 391 g/mol. The van der Waals surface area contributed by atoms with Gasteiger partial charge in [0.05, 0.1) is 0 Å². The Morgan fingerprint density at radius 2 is 1.63 bits per heavy atom. The molecule has 148 valence electrons. The molecule has 2 amide bonds. The van der Waals surface area contributed by atoms with Crippen molar-refractivity contribution in [2.45, 2.75) is 63.1 Å². The van der Waals surface area contributed by atoms with Crippen LogP contribution in [-0.4, -0.2) is 47.9 Å². The molecule has 5 nitrogen and oxygen atoms in total. The molecule has 2 unspecified atom stereocenters. The third-order valence-electron chi connectivity index (χ3n) is 6.21. The standard InChI is InChI=1S/C21H29N3O2.ClH/c25-20(14-15-12-18-6-7-19(13-15)22-18)23-17-8-10-24(11-9-17)21(26)16-4-2-1-3-5-16;/h1-5,15,17-19,22H,6-14H2,(H,23,25);1H. The summed E-state index contributed by atoms with van der Waals surface area (Å²) in [5.74, 6) is 0.832. The highest BCUT2D eigenvalue weighted by atomic mass is 35.5. The van der Waals surface area contributed by atoms with Crippen LogP contribution in [0.5, 0.6) is 0 Å². The summed E-state index contributed by atoms with van der Waals surface area (Å²) in [7, 11) is 0. The second-order valence-corrected chi connectivity index (χ2v) is 8.18. The van der Waals surface area contributed by atoms with Gasteiger partial charge < -0.3 is 15.5 Å². The third-order valence-corrected chi connectivity index (χ3v) is 6.21. The summed E-state index contributed by atoms with van der Waals surface area (Å²) in [5, 5.41) is 6.85. The first-order valence-corrected chi connectivity index (χ1v) is 10.1. The van der Waals surface area contributed by atoms with Gasteiger partial charge in [0, 0.05) is 43.2 Å². The molecule has 0 aliphatic carbocycles. The molecule has 0 aromatic heterocycles. The lowest BCUT2D eigenvalue weighted by atomic mass is 9.89. The first-order chi connectivity index (χ1) is 12.7. The fraction of sp³-hybridized carbons (Fsp3) is 0.619. The van der Waals surface area contributed by atoms with Gasteiger partial charge in [-0.1, -0.05) is 18.2 Å². The smallest absolute Gasteiger partial charge is 0.253 e. The van der Waals surface area contributed by atoms with Crippen LogP contribution in [0, 0.1) is 5.92 Å². The summed E-state index contributed by atoms with van der Waals surface area (Å²) >= 11 is 0. The van der Waals surface area contributed by atoms with Crippen LogP contribution < -0.4 is 10.6 Å². The number of piperidine rings is 2. The predicted molar refractivity (Wildman–Crippen MR) is 108 cm³/mol. The zero-order chi connectivity index (χ0) is 17.9. The number of hydrogen-bond acceptors (Lipinski definition) is 3. The van der Waals surface area contributed by atoms with Gasteiger partial charge in [0.25, 0.3) is 5.91 Å². The van der Waals surface area contributed by atoms with Gasteiger partial charge in [-0.15, -0.1) is 12.4 Å². The van der Waals surface area contributed by atoms with E-state index in [0.717, 1.165) is 44.3 Å². The van der Waals surface area contributed by atoms with Gasteiger partial charge in [0.2, 0.25) is 5.91 Å². The van der Waals surface area contributed by atoms with Gasteiger partial charge in [-0.05, 0) is 56.6 Å². The van der Waals surface area contributed by atoms with E-state index in [0.29, 0.717) is 24.4 Å². The maximum Gasteiger partial charge on any atom is 0.253 e. The van der Waals surface area contributed by atoms with Gasteiger partial charge >= 0.3 is 0 Å². The van der Waals surface area contributed by atoms with Gasteiger partial charge in [-0.25, -0.2) is 0 Å². The number of carbonyl (C=O) groups is 2. The Labute approximate surface area is 167 Å². The SMILES string of the molecule is Cl.O=C(CC1CC2CCC(C1)N2)NC1CCN(C(=O)c2ccccc2)CC1. The zero-order valence-corrected chi connectivity index (χ0v) is 16.5. The van der Waals surface area contributed by atoms with E-state index in [-0.39, 0.29) is 30.3 Å². The predicted octanol–water partition coefficient (Wildman–Crippen LogP) is 2.75. The Hall–Kier alpha value is -1.59. The van der Waals surface area contributed by atoms with Crippen molar-refractivity contribution in [3.05, 3.63) is 35.9 Å². The van der Waals surface area contributed by atoms with Crippen molar-refractivity contribution in [3.8, 4) is 0 Å². The molecule has 2 N–H and O–H groups in total. The summed E-state index contributed by atoms with van der Waals surface area (Å²) in [6.45, 7) is 1.44. The van der Waals surface area contributed by atoms with Crippen molar-refractivity contribution in [2.24, 2.45) is 5.92 Å². The lowest BCUT2D eigenvalue weighted by Crippen LogP contribution is -2.47. The van der Waals surface area contributed by atoms with Gasteiger partial charge in [0.15, 0.2) is 0 Å². The normalized spacial score (nSPS) is 27.7. The lowest BCUT2D eigenvalue weighted by Gasteiger charge is -2.33. The van der Waals surface area contributed by atoms with Crippen molar-refractivity contribution >= 4 is 24.2 Å². The lowest BCUT2D eigenvalue weighted by molar-refractivity contribution is -0.123. The van der Waals surface area contributed by atoms with Crippen molar-refractivity contribution in [1.29, 1.82) is 0 Å². The summed E-state index contributed by atoms with van der Waals surface area (Å²) in [4.78, 5) is 26.8. The molecule has 3 aliphatic rings. The van der Waals surface area contributed by atoms with Crippen LogP contribution in [-0.2, 0) is 4.79 Å².